The van der Waals surface area contributed by atoms with Crippen molar-refractivity contribution in [1.82, 2.24) is 0 Å². The van der Waals surface area contributed by atoms with Crippen molar-refractivity contribution in [1.29, 1.82) is 0 Å². The second kappa shape index (κ2) is 5.73. The second-order valence-corrected chi connectivity index (χ2v) is 7.94. The third-order valence-electron chi connectivity index (χ3n) is 3.65. The van der Waals surface area contributed by atoms with Crippen molar-refractivity contribution in [2.45, 2.75) is 17.1 Å². The number of sulfonamides is 1. The van der Waals surface area contributed by atoms with Gasteiger partial charge >= 0.3 is 5.97 Å². The standard InChI is InChI=1S/C15H15NO4S2/c1-20-15(17)12-5-2-7-13-11(12)6-3-9-16(13)22(18,19)14-8-4-10-21-14/h2,4-5,7-8,10H,3,6,9H2,1H3. The molecule has 0 radical (unpaired) electrons. The fourth-order valence-corrected chi connectivity index (χ4v) is 5.30. The Kier molecular flexibility index (Phi) is 3.92. The van der Waals surface area contributed by atoms with E-state index in [2.05, 4.69) is 0 Å². The Labute approximate surface area is 133 Å². The lowest BCUT2D eigenvalue weighted by Gasteiger charge is -2.30. The molecule has 1 aliphatic rings. The zero-order valence-electron chi connectivity index (χ0n) is 12.0. The number of benzene rings is 1. The Hall–Kier alpha value is -1.86. The Balaban J connectivity index is 2.12. The second-order valence-electron chi connectivity index (χ2n) is 4.91. The number of hydrogen-bond donors (Lipinski definition) is 0. The molecule has 0 aliphatic carbocycles. The quantitative estimate of drug-likeness (QED) is 0.808. The summed E-state index contributed by atoms with van der Waals surface area (Å²) >= 11 is 1.19. The van der Waals surface area contributed by atoms with Gasteiger partial charge in [0.1, 0.15) is 4.21 Å². The highest BCUT2D eigenvalue weighted by atomic mass is 32.2. The maximum absolute atomic E-state index is 12.8. The van der Waals surface area contributed by atoms with Crippen molar-refractivity contribution in [3.63, 3.8) is 0 Å². The van der Waals surface area contributed by atoms with E-state index >= 15 is 0 Å². The number of thiophene rings is 1. The summed E-state index contributed by atoms with van der Waals surface area (Å²) in [6.45, 7) is 0.415. The maximum atomic E-state index is 12.8. The van der Waals surface area contributed by atoms with Crippen molar-refractivity contribution in [2.75, 3.05) is 18.0 Å². The Morgan fingerprint density at radius 1 is 1.27 bits per heavy atom. The summed E-state index contributed by atoms with van der Waals surface area (Å²) in [7, 11) is -2.26. The average molecular weight is 337 g/mol. The molecule has 0 saturated heterocycles. The molecule has 1 aliphatic heterocycles. The molecule has 7 heteroatoms. The molecule has 2 heterocycles. The number of rotatable bonds is 3. The number of esters is 1. The first kappa shape index (κ1) is 15.1. The lowest BCUT2D eigenvalue weighted by molar-refractivity contribution is 0.0599. The fraction of sp³-hybridized carbons (Fsp3) is 0.267. The smallest absolute Gasteiger partial charge is 0.338 e. The molecule has 0 saturated carbocycles. The van der Waals surface area contributed by atoms with Gasteiger partial charge in [-0.1, -0.05) is 12.1 Å². The first-order chi connectivity index (χ1) is 10.6. The number of fused-ring (bicyclic) bond motifs is 1. The summed E-state index contributed by atoms with van der Waals surface area (Å²) < 4.78 is 32.1. The monoisotopic (exact) mass is 337 g/mol. The van der Waals surface area contributed by atoms with Crippen molar-refractivity contribution < 1.29 is 17.9 Å². The molecule has 22 heavy (non-hydrogen) atoms. The third-order valence-corrected chi connectivity index (χ3v) is 6.84. The fourth-order valence-electron chi connectivity index (χ4n) is 2.66. The van der Waals surface area contributed by atoms with Crippen LogP contribution in [0.3, 0.4) is 0 Å². The summed E-state index contributed by atoms with van der Waals surface area (Å²) in [6.07, 6.45) is 1.34. The lowest BCUT2D eigenvalue weighted by atomic mass is 9.98. The molecule has 0 amide bonds. The van der Waals surface area contributed by atoms with Crippen molar-refractivity contribution in [2.24, 2.45) is 0 Å². The van der Waals surface area contributed by atoms with Gasteiger partial charge in [-0.15, -0.1) is 11.3 Å². The molecular weight excluding hydrogens is 322 g/mol. The van der Waals surface area contributed by atoms with E-state index in [0.717, 1.165) is 5.56 Å². The van der Waals surface area contributed by atoms with E-state index in [1.165, 1.54) is 22.8 Å². The summed E-state index contributed by atoms with van der Waals surface area (Å²) in [6, 6.07) is 8.41. The first-order valence-corrected chi connectivity index (χ1v) is 9.14. The topological polar surface area (TPSA) is 63.7 Å². The van der Waals surface area contributed by atoms with E-state index in [1.807, 2.05) is 0 Å². The number of hydrogen-bond acceptors (Lipinski definition) is 5. The minimum Gasteiger partial charge on any atom is -0.465 e. The molecule has 0 spiro atoms. The van der Waals surface area contributed by atoms with E-state index in [-0.39, 0.29) is 0 Å². The zero-order chi connectivity index (χ0) is 15.7. The number of anilines is 1. The van der Waals surface area contributed by atoms with E-state index in [1.54, 1.807) is 35.7 Å². The van der Waals surface area contributed by atoms with Gasteiger partial charge in [-0.3, -0.25) is 4.31 Å². The van der Waals surface area contributed by atoms with E-state index in [0.29, 0.717) is 34.8 Å². The van der Waals surface area contributed by atoms with E-state index in [4.69, 9.17) is 4.74 Å². The van der Waals surface area contributed by atoms with Crippen LogP contribution in [0.1, 0.15) is 22.3 Å². The van der Waals surface area contributed by atoms with Gasteiger partial charge in [0.05, 0.1) is 18.4 Å². The molecule has 2 aromatic rings. The molecule has 0 fully saturated rings. The molecule has 0 N–H and O–H groups in total. The van der Waals surface area contributed by atoms with Gasteiger partial charge in [-0.25, -0.2) is 13.2 Å². The van der Waals surface area contributed by atoms with Gasteiger partial charge in [0.25, 0.3) is 10.0 Å². The van der Waals surface area contributed by atoms with E-state index < -0.39 is 16.0 Å². The van der Waals surface area contributed by atoms with Gasteiger partial charge in [0.2, 0.25) is 0 Å². The average Bonchev–Trinajstić information content (AvgIpc) is 3.08. The number of carbonyl (C=O) groups excluding carboxylic acids is 1. The summed E-state index contributed by atoms with van der Waals surface area (Å²) in [5.41, 5.74) is 1.74. The number of nitrogens with zero attached hydrogens (tertiary/aromatic N) is 1. The minimum atomic E-state index is -3.58. The van der Waals surface area contributed by atoms with Gasteiger partial charge < -0.3 is 4.74 Å². The van der Waals surface area contributed by atoms with Crippen LogP contribution in [-0.4, -0.2) is 28.0 Å². The van der Waals surface area contributed by atoms with Crippen LogP contribution in [-0.2, 0) is 21.2 Å². The molecule has 3 rings (SSSR count). The molecule has 5 nitrogen and oxygen atoms in total. The van der Waals surface area contributed by atoms with Crippen molar-refractivity contribution >= 4 is 33.0 Å². The Bertz CT molecular complexity index is 797. The van der Waals surface area contributed by atoms with Gasteiger partial charge in [-0.2, -0.15) is 0 Å². The van der Waals surface area contributed by atoms with Crippen LogP contribution in [0.4, 0.5) is 5.69 Å². The van der Waals surface area contributed by atoms with Crippen molar-refractivity contribution in [3.05, 3.63) is 46.8 Å². The van der Waals surface area contributed by atoms with Gasteiger partial charge in [-0.05, 0) is 42.0 Å². The highest BCUT2D eigenvalue weighted by molar-refractivity contribution is 7.94. The number of ether oxygens (including phenoxy) is 1. The summed E-state index contributed by atoms with van der Waals surface area (Å²) in [4.78, 5) is 11.9. The molecule has 0 atom stereocenters. The highest BCUT2D eigenvalue weighted by Gasteiger charge is 2.31. The number of methoxy groups -OCH3 is 1. The Morgan fingerprint density at radius 3 is 2.77 bits per heavy atom. The van der Waals surface area contributed by atoms with Crippen molar-refractivity contribution in [3.8, 4) is 0 Å². The minimum absolute atomic E-state index is 0.309. The predicted octanol–water partition coefficient (Wildman–Crippen LogP) is 2.68. The molecule has 1 aromatic carbocycles. The highest BCUT2D eigenvalue weighted by Crippen LogP contribution is 2.35. The third kappa shape index (κ3) is 2.40. The van der Waals surface area contributed by atoms with Crippen LogP contribution >= 0.6 is 11.3 Å². The predicted molar refractivity (Wildman–Crippen MR) is 85.0 cm³/mol. The van der Waals surface area contributed by atoms with Gasteiger partial charge in [0, 0.05) is 6.54 Å². The SMILES string of the molecule is COC(=O)c1cccc2c1CCCN2S(=O)(=O)c1cccs1. The molecule has 0 bridgehead atoms. The molecule has 116 valence electrons. The molecule has 1 aromatic heterocycles. The van der Waals surface area contributed by atoms with E-state index in [9.17, 15) is 13.2 Å². The van der Waals surface area contributed by atoms with Crippen LogP contribution in [0.2, 0.25) is 0 Å². The lowest BCUT2D eigenvalue weighted by Crippen LogP contribution is -2.35. The first-order valence-electron chi connectivity index (χ1n) is 6.82. The zero-order valence-corrected chi connectivity index (χ0v) is 13.6. The maximum Gasteiger partial charge on any atom is 0.338 e. The summed E-state index contributed by atoms with van der Waals surface area (Å²) in [5.74, 6) is -0.438. The number of carbonyl (C=O) groups is 1. The summed E-state index contributed by atoms with van der Waals surface area (Å²) in [5, 5.41) is 1.74. The van der Waals surface area contributed by atoms with Gasteiger partial charge in [0.15, 0.2) is 0 Å². The van der Waals surface area contributed by atoms with Crippen LogP contribution < -0.4 is 4.31 Å². The van der Waals surface area contributed by atoms with Crippen LogP contribution in [0, 0.1) is 0 Å². The normalized spacial score (nSPS) is 14.5. The van der Waals surface area contributed by atoms with Crippen LogP contribution in [0.25, 0.3) is 0 Å². The Morgan fingerprint density at radius 2 is 2.09 bits per heavy atom. The largest absolute Gasteiger partial charge is 0.465 e. The van der Waals surface area contributed by atoms with Crippen LogP contribution in [0.5, 0.6) is 0 Å². The molecule has 0 unspecified atom stereocenters. The molecular formula is C15H15NO4S2. The van der Waals surface area contributed by atoms with Crippen LogP contribution in [0.15, 0.2) is 39.9 Å².